The number of hydrogen-bond acceptors (Lipinski definition) is 3. The summed E-state index contributed by atoms with van der Waals surface area (Å²) in [6.45, 7) is -0.247. The van der Waals surface area contributed by atoms with Crippen LogP contribution < -0.4 is 0 Å². The van der Waals surface area contributed by atoms with Gasteiger partial charge in [-0.2, -0.15) is 0 Å². The van der Waals surface area contributed by atoms with Crippen LogP contribution >= 0.6 is 0 Å². The van der Waals surface area contributed by atoms with E-state index < -0.39 is 5.92 Å². The molecule has 3 rings (SSSR count). The summed E-state index contributed by atoms with van der Waals surface area (Å²) in [5.74, 6) is -0.489. The maximum atomic E-state index is 12.6. The Hall–Kier alpha value is -3.01. The quantitative estimate of drug-likeness (QED) is 0.382. The van der Waals surface area contributed by atoms with Gasteiger partial charge in [0.1, 0.15) is 0 Å². The van der Waals surface area contributed by atoms with Crippen molar-refractivity contribution in [3.8, 4) is 0 Å². The monoisotopic (exact) mass is 319 g/mol. The van der Waals surface area contributed by atoms with Crippen LogP contribution in [-0.4, -0.2) is 17.3 Å². The molecule has 4 nitrogen and oxygen atoms in total. The molecule has 0 aliphatic heterocycles. The van der Waals surface area contributed by atoms with Crippen LogP contribution in [0.2, 0.25) is 0 Å². The summed E-state index contributed by atoms with van der Waals surface area (Å²) in [4.78, 5) is 23.2. The predicted octanol–water partition coefficient (Wildman–Crippen LogP) is 4.47. The Balaban J connectivity index is 1.85. The molecule has 4 heteroatoms. The second kappa shape index (κ2) is 7.04. The van der Waals surface area contributed by atoms with Gasteiger partial charge in [0, 0.05) is 16.9 Å². The number of benzene rings is 3. The molecule has 3 aromatic carbocycles. The minimum atomic E-state index is -0.417. The zero-order valence-corrected chi connectivity index (χ0v) is 13.1. The molecule has 0 saturated carbocycles. The molecule has 0 aliphatic rings. The van der Waals surface area contributed by atoms with Crippen molar-refractivity contribution >= 4 is 16.6 Å². The Morgan fingerprint density at radius 1 is 0.917 bits per heavy atom. The van der Waals surface area contributed by atoms with Gasteiger partial charge in [-0.25, -0.2) is 0 Å². The van der Waals surface area contributed by atoms with Gasteiger partial charge < -0.3 is 0 Å². The van der Waals surface area contributed by atoms with E-state index in [1.54, 1.807) is 6.07 Å². The molecule has 0 heterocycles. The van der Waals surface area contributed by atoms with Crippen LogP contribution in [0.3, 0.4) is 0 Å². The predicted molar refractivity (Wildman–Crippen MR) is 93.9 cm³/mol. The van der Waals surface area contributed by atoms with Gasteiger partial charge in [-0.05, 0) is 22.4 Å². The molecule has 0 amide bonds. The molecule has 1 atom stereocenters. The zero-order chi connectivity index (χ0) is 16.9. The molecule has 0 radical (unpaired) electrons. The topological polar surface area (TPSA) is 60.2 Å². The molecule has 24 heavy (non-hydrogen) atoms. The largest absolute Gasteiger partial charge is 0.294 e. The minimum absolute atomic E-state index is 0.0727. The van der Waals surface area contributed by atoms with Crippen molar-refractivity contribution in [2.75, 3.05) is 6.54 Å². The first kappa shape index (κ1) is 15.9. The standard InChI is InChI=1S/C20H17NO3/c22-20(18-11-10-16-8-4-5-9-17(16)12-18)13-19(14-21(23)24)15-6-2-1-3-7-15/h1-12,19H,13-14H2/t19-/m0/s1. The molecule has 0 unspecified atom stereocenters. The van der Waals surface area contributed by atoms with E-state index in [0.717, 1.165) is 16.3 Å². The van der Waals surface area contributed by atoms with Crippen LogP contribution in [0.25, 0.3) is 10.8 Å². The highest BCUT2D eigenvalue weighted by atomic mass is 16.6. The van der Waals surface area contributed by atoms with E-state index in [9.17, 15) is 14.9 Å². The van der Waals surface area contributed by atoms with E-state index in [1.807, 2.05) is 66.7 Å². The number of carbonyl (C=O) groups excluding carboxylic acids is 1. The number of nitrogens with zero attached hydrogens (tertiary/aromatic N) is 1. The van der Waals surface area contributed by atoms with Gasteiger partial charge >= 0.3 is 0 Å². The number of fused-ring (bicyclic) bond motifs is 1. The van der Waals surface area contributed by atoms with Gasteiger partial charge in [0.15, 0.2) is 5.78 Å². The smallest absolute Gasteiger partial charge is 0.211 e. The molecule has 0 bridgehead atoms. The average molecular weight is 319 g/mol. The molecular weight excluding hydrogens is 302 g/mol. The molecule has 0 spiro atoms. The third-order valence-electron chi connectivity index (χ3n) is 4.14. The second-order valence-corrected chi connectivity index (χ2v) is 5.81. The summed E-state index contributed by atoms with van der Waals surface area (Å²) in [6, 6.07) is 22.6. The van der Waals surface area contributed by atoms with Gasteiger partial charge in [0.2, 0.25) is 6.54 Å². The summed E-state index contributed by atoms with van der Waals surface area (Å²) in [6.07, 6.45) is 0.128. The molecule has 0 N–H and O–H groups in total. The SMILES string of the molecule is O=C(C[C@@H](C[N+](=O)[O-])c1ccccc1)c1ccc2ccccc2c1. The highest BCUT2D eigenvalue weighted by molar-refractivity contribution is 6.00. The molecule has 3 aromatic rings. The van der Waals surface area contributed by atoms with Crippen LogP contribution in [-0.2, 0) is 0 Å². The Morgan fingerprint density at radius 2 is 1.58 bits per heavy atom. The Morgan fingerprint density at radius 3 is 2.29 bits per heavy atom. The number of hydrogen-bond donors (Lipinski definition) is 0. The molecular formula is C20H17NO3. The Labute approximate surface area is 139 Å². The summed E-state index contributed by atoms with van der Waals surface area (Å²) in [7, 11) is 0. The average Bonchev–Trinajstić information content (AvgIpc) is 2.61. The van der Waals surface area contributed by atoms with Gasteiger partial charge in [-0.15, -0.1) is 0 Å². The molecule has 0 aromatic heterocycles. The Kier molecular flexibility index (Phi) is 4.66. The van der Waals surface area contributed by atoms with Crippen molar-refractivity contribution in [1.82, 2.24) is 0 Å². The van der Waals surface area contributed by atoms with E-state index in [-0.39, 0.29) is 23.7 Å². The summed E-state index contributed by atoms with van der Waals surface area (Å²) in [5.41, 5.74) is 1.42. The first-order chi connectivity index (χ1) is 11.6. The third kappa shape index (κ3) is 3.66. The lowest BCUT2D eigenvalue weighted by molar-refractivity contribution is -0.483. The lowest BCUT2D eigenvalue weighted by atomic mass is 9.91. The van der Waals surface area contributed by atoms with Crippen molar-refractivity contribution in [2.45, 2.75) is 12.3 Å². The van der Waals surface area contributed by atoms with E-state index in [1.165, 1.54) is 0 Å². The number of rotatable bonds is 6. The normalized spacial score (nSPS) is 12.0. The first-order valence-electron chi connectivity index (χ1n) is 7.82. The van der Waals surface area contributed by atoms with Gasteiger partial charge in [0.05, 0.1) is 5.92 Å². The maximum Gasteiger partial charge on any atom is 0.211 e. The van der Waals surface area contributed by atoms with Crippen LogP contribution in [0, 0.1) is 10.1 Å². The van der Waals surface area contributed by atoms with E-state index in [0.29, 0.717) is 5.56 Å². The second-order valence-electron chi connectivity index (χ2n) is 5.81. The van der Waals surface area contributed by atoms with Crippen LogP contribution in [0.4, 0.5) is 0 Å². The van der Waals surface area contributed by atoms with Crippen LogP contribution in [0.5, 0.6) is 0 Å². The van der Waals surface area contributed by atoms with Gasteiger partial charge in [-0.1, -0.05) is 66.7 Å². The molecule has 0 fully saturated rings. The van der Waals surface area contributed by atoms with E-state index in [4.69, 9.17) is 0 Å². The fourth-order valence-electron chi connectivity index (χ4n) is 2.90. The van der Waals surface area contributed by atoms with Crippen molar-refractivity contribution in [3.05, 3.63) is 94.0 Å². The summed E-state index contributed by atoms with van der Waals surface area (Å²) < 4.78 is 0. The van der Waals surface area contributed by atoms with E-state index >= 15 is 0 Å². The zero-order valence-electron chi connectivity index (χ0n) is 13.1. The molecule has 120 valence electrons. The van der Waals surface area contributed by atoms with Crippen molar-refractivity contribution in [1.29, 1.82) is 0 Å². The summed E-state index contributed by atoms with van der Waals surface area (Å²) in [5, 5.41) is 13.0. The lowest BCUT2D eigenvalue weighted by Gasteiger charge is -2.13. The van der Waals surface area contributed by atoms with E-state index in [2.05, 4.69) is 0 Å². The number of ketones is 1. The maximum absolute atomic E-state index is 12.6. The van der Waals surface area contributed by atoms with Crippen LogP contribution in [0.1, 0.15) is 28.3 Å². The molecule has 0 saturated heterocycles. The lowest BCUT2D eigenvalue weighted by Crippen LogP contribution is -2.16. The van der Waals surface area contributed by atoms with Crippen molar-refractivity contribution in [2.24, 2.45) is 0 Å². The van der Waals surface area contributed by atoms with Gasteiger partial charge in [0.25, 0.3) is 0 Å². The third-order valence-corrected chi connectivity index (χ3v) is 4.14. The fourth-order valence-corrected chi connectivity index (χ4v) is 2.90. The number of Topliss-reactive ketones (excluding diaryl/α,β-unsaturated/α-hetero) is 1. The highest BCUT2D eigenvalue weighted by Crippen LogP contribution is 2.24. The molecule has 0 aliphatic carbocycles. The summed E-state index contributed by atoms with van der Waals surface area (Å²) >= 11 is 0. The van der Waals surface area contributed by atoms with Crippen LogP contribution in [0.15, 0.2) is 72.8 Å². The minimum Gasteiger partial charge on any atom is -0.294 e. The fraction of sp³-hybridized carbons (Fsp3) is 0.150. The number of nitro groups is 1. The Bertz CT molecular complexity index is 874. The van der Waals surface area contributed by atoms with Gasteiger partial charge in [-0.3, -0.25) is 14.9 Å². The first-order valence-corrected chi connectivity index (χ1v) is 7.82. The highest BCUT2D eigenvalue weighted by Gasteiger charge is 2.22. The van der Waals surface area contributed by atoms with Crippen molar-refractivity contribution < 1.29 is 9.72 Å². The number of carbonyl (C=O) groups is 1. The van der Waals surface area contributed by atoms with Crippen molar-refractivity contribution in [3.63, 3.8) is 0 Å².